The number of aryl methyl sites for hydroxylation is 1. The van der Waals surface area contributed by atoms with Gasteiger partial charge in [0.15, 0.2) is 5.58 Å². The van der Waals surface area contributed by atoms with Gasteiger partial charge in [-0.05, 0) is 37.6 Å². The molecule has 0 aliphatic heterocycles. The fraction of sp³-hybridized carbons (Fsp3) is 0.105. The normalized spacial score (nSPS) is 10.1. The van der Waals surface area contributed by atoms with E-state index in [4.69, 9.17) is 14.6 Å². The van der Waals surface area contributed by atoms with E-state index in [1.54, 1.807) is 44.2 Å². The summed E-state index contributed by atoms with van der Waals surface area (Å²) in [6.45, 7) is 3.48. The minimum absolute atomic E-state index is 0. The largest absolute Gasteiger partial charge is 2.00 e. The standard InChI is InChI=1S/C19H15NO5.Co.3H2O/c1-10-9-16(22)25-18-12(10)7-8-15(21)17(18)11(2)20-14-6-4-3-5-13(14)19(23)24;;;;/h3-9,21H,1-2H3,(H,23,24);;3*1H2/q;+2;;;/p-1. The van der Waals surface area contributed by atoms with E-state index in [1.165, 1.54) is 12.1 Å². The Labute approximate surface area is 175 Å². The third-order valence-corrected chi connectivity index (χ3v) is 3.92. The summed E-state index contributed by atoms with van der Waals surface area (Å²) in [4.78, 5) is 27.6. The first kappa shape index (κ1) is 28.2. The molecule has 9 nitrogen and oxygen atoms in total. The summed E-state index contributed by atoms with van der Waals surface area (Å²) in [5, 5.41) is 16.2. The Bertz CT molecular complexity index is 1090. The zero-order valence-corrected chi connectivity index (χ0v) is 16.4. The number of hydrogen-bond acceptors (Lipinski definition) is 7. The van der Waals surface area contributed by atoms with Crippen LogP contribution in [-0.2, 0) is 16.8 Å². The maximum atomic E-state index is 11.8. The number of rotatable bonds is 3. The van der Waals surface area contributed by atoms with Crippen LogP contribution in [-0.4, -0.2) is 38.3 Å². The van der Waals surface area contributed by atoms with Crippen LogP contribution in [0.5, 0.6) is 5.75 Å². The second-order valence-corrected chi connectivity index (χ2v) is 5.66. The molecule has 0 aliphatic carbocycles. The molecule has 0 spiro atoms. The van der Waals surface area contributed by atoms with E-state index in [2.05, 4.69) is 4.99 Å². The zero-order valence-electron chi connectivity index (χ0n) is 15.4. The van der Waals surface area contributed by atoms with Crippen LogP contribution in [0.25, 0.3) is 11.0 Å². The van der Waals surface area contributed by atoms with Crippen molar-refractivity contribution in [2.45, 2.75) is 13.8 Å². The maximum Gasteiger partial charge on any atom is 2.00 e. The Kier molecular flexibility index (Phi) is 10.8. The maximum absolute atomic E-state index is 11.8. The smallest absolute Gasteiger partial charge is 0.870 e. The van der Waals surface area contributed by atoms with Crippen LogP contribution in [0.15, 0.2) is 56.7 Å². The molecule has 0 fully saturated rings. The molecule has 1 heterocycles. The first-order valence-corrected chi connectivity index (χ1v) is 7.58. The number of para-hydroxylation sites is 1. The van der Waals surface area contributed by atoms with Crippen molar-refractivity contribution >= 4 is 28.3 Å². The summed E-state index contributed by atoms with van der Waals surface area (Å²) in [5.41, 5.74) is 1.89. The average molecular weight is 449 g/mol. The Balaban J connectivity index is 0. The van der Waals surface area contributed by atoms with Crippen LogP contribution >= 0.6 is 0 Å². The summed E-state index contributed by atoms with van der Waals surface area (Å²) in [6, 6.07) is 11.3. The summed E-state index contributed by atoms with van der Waals surface area (Å²) in [5.74, 6) is -0.671. The number of fused-ring (bicyclic) bond motifs is 1. The molecular formula is C19H20CoNO8+. The van der Waals surface area contributed by atoms with E-state index in [9.17, 15) is 9.59 Å². The van der Waals surface area contributed by atoms with Gasteiger partial charge in [-0.1, -0.05) is 12.1 Å². The first-order valence-electron chi connectivity index (χ1n) is 7.58. The van der Waals surface area contributed by atoms with Crippen LogP contribution in [0.2, 0.25) is 0 Å². The van der Waals surface area contributed by atoms with E-state index < -0.39 is 11.6 Å². The summed E-state index contributed by atoms with van der Waals surface area (Å²) in [7, 11) is 0. The average Bonchev–Trinajstić information content (AvgIpc) is 2.54. The molecule has 10 heteroatoms. The molecule has 1 aromatic heterocycles. The van der Waals surface area contributed by atoms with Crippen molar-refractivity contribution in [3.05, 3.63) is 69.6 Å². The molecule has 0 unspecified atom stereocenters. The predicted molar refractivity (Wildman–Crippen MR) is 102 cm³/mol. The number of hydrogen-bond donors (Lipinski definition) is 0. The second-order valence-electron chi connectivity index (χ2n) is 5.66. The Morgan fingerprint density at radius 2 is 1.69 bits per heavy atom. The Morgan fingerprint density at radius 3 is 2.31 bits per heavy atom. The van der Waals surface area contributed by atoms with Crippen molar-refractivity contribution in [2.75, 3.05) is 0 Å². The van der Waals surface area contributed by atoms with Gasteiger partial charge < -0.3 is 31.1 Å². The van der Waals surface area contributed by atoms with E-state index in [1.807, 2.05) is 0 Å². The minimum atomic E-state index is -0.835. The van der Waals surface area contributed by atoms with Crippen molar-refractivity contribution in [3.8, 4) is 5.75 Å². The van der Waals surface area contributed by atoms with Crippen LogP contribution in [0.3, 0.4) is 0 Å². The number of carbonyl (C=O) groups excluding carboxylic acids is 1. The van der Waals surface area contributed by atoms with E-state index in [0.717, 1.165) is 10.9 Å². The first-order chi connectivity index (χ1) is 11.9. The fourth-order valence-electron chi connectivity index (χ4n) is 2.74. The van der Waals surface area contributed by atoms with Crippen LogP contribution in [0.1, 0.15) is 28.4 Å². The van der Waals surface area contributed by atoms with Gasteiger partial charge in [-0.2, -0.15) is 0 Å². The number of nitrogens with zero attached hydrogens (tertiary/aromatic N) is 1. The van der Waals surface area contributed by atoms with Crippen molar-refractivity contribution < 1.29 is 52.6 Å². The van der Waals surface area contributed by atoms with Crippen molar-refractivity contribution in [2.24, 2.45) is 4.99 Å². The van der Waals surface area contributed by atoms with Gasteiger partial charge in [0.1, 0.15) is 11.1 Å². The molecule has 3 aromatic rings. The van der Waals surface area contributed by atoms with Crippen LogP contribution < -0.4 is 5.63 Å². The molecule has 0 amide bonds. The monoisotopic (exact) mass is 449 g/mol. The van der Waals surface area contributed by atoms with E-state index in [0.29, 0.717) is 22.5 Å². The molecule has 29 heavy (non-hydrogen) atoms. The molecule has 3 rings (SSSR count). The number of carbonyl (C=O) groups is 1. The van der Waals surface area contributed by atoms with E-state index in [-0.39, 0.29) is 44.5 Å². The van der Waals surface area contributed by atoms with Gasteiger partial charge in [-0.25, -0.2) is 4.79 Å². The topological polar surface area (TPSA) is 195 Å². The molecule has 157 valence electrons. The van der Waals surface area contributed by atoms with Gasteiger partial charge in [0.25, 0.3) is 5.75 Å². The molecule has 1 radical (unpaired) electrons. The van der Waals surface area contributed by atoms with Crippen molar-refractivity contribution in [1.29, 1.82) is 0 Å². The summed E-state index contributed by atoms with van der Waals surface area (Å²) >= 11 is 0. The van der Waals surface area contributed by atoms with Crippen LogP contribution in [0, 0.1) is 6.92 Å². The van der Waals surface area contributed by atoms with Gasteiger partial charge in [-0.15, -0.1) is 0 Å². The summed E-state index contributed by atoms with van der Waals surface area (Å²) < 4.78 is 5.33. The van der Waals surface area contributed by atoms with Crippen molar-refractivity contribution in [3.63, 3.8) is 0 Å². The molecule has 7 N–H and O–H groups in total. The molecule has 0 aliphatic rings. The number of benzene rings is 2. The summed E-state index contributed by atoms with van der Waals surface area (Å²) in [6.07, 6.45) is 0. The zero-order chi connectivity index (χ0) is 18.1. The molecule has 0 saturated heterocycles. The Hall–Kier alpha value is -3.02. The molecule has 0 atom stereocenters. The van der Waals surface area contributed by atoms with E-state index >= 15 is 0 Å². The predicted octanol–water partition coefficient (Wildman–Crippen LogP) is 2.01. The van der Waals surface area contributed by atoms with Gasteiger partial charge in [0, 0.05) is 22.3 Å². The van der Waals surface area contributed by atoms with Crippen LogP contribution in [0.4, 0.5) is 5.69 Å². The molecular weight excluding hydrogens is 429 g/mol. The van der Waals surface area contributed by atoms with Crippen molar-refractivity contribution in [1.82, 2.24) is 0 Å². The second kappa shape index (κ2) is 11.1. The van der Waals surface area contributed by atoms with Gasteiger partial charge >= 0.3 is 28.4 Å². The van der Waals surface area contributed by atoms with Gasteiger partial charge in [0.2, 0.25) is 0 Å². The quantitative estimate of drug-likeness (QED) is 0.333. The Morgan fingerprint density at radius 1 is 1.07 bits per heavy atom. The van der Waals surface area contributed by atoms with Gasteiger partial charge in [-0.3, -0.25) is 4.99 Å². The molecule has 0 saturated carbocycles. The SMILES string of the molecule is CC(=Nc1ccccc1C(=O)[OH2+])c1c([OH2+])ccc2c(C)cc(=O)oc12.[Co+2].[OH-].[OH-].[OH-]. The van der Waals surface area contributed by atoms with Gasteiger partial charge in [0.05, 0.1) is 11.4 Å². The third kappa shape index (κ3) is 5.50. The third-order valence-electron chi connectivity index (χ3n) is 3.92. The minimum Gasteiger partial charge on any atom is -0.870 e. The fourth-order valence-corrected chi connectivity index (χ4v) is 2.74. The molecule has 2 aromatic carbocycles. The molecule has 0 bridgehead atoms. The number of aliphatic imine (C=N–C) groups is 1.